The fourth-order valence-electron chi connectivity index (χ4n) is 4.38. The summed E-state index contributed by atoms with van der Waals surface area (Å²) in [4.78, 5) is 15.3. The van der Waals surface area contributed by atoms with Gasteiger partial charge in [-0.25, -0.2) is 0 Å². The highest BCUT2D eigenvalue weighted by molar-refractivity contribution is 5.89. The number of piperidine rings is 1. The van der Waals surface area contributed by atoms with Crippen LogP contribution in [0.2, 0.25) is 0 Å². The second-order valence-electron chi connectivity index (χ2n) is 7.97. The van der Waals surface area contributed by atoms with Crippen LogP contribution in [0.3, 0.4) is 0 Å². The Bertz CT molecular complexity index is 1140. The molecule has 3 aromatic rings. The Hall–Kier alpha value is -2.87. The predicted octanol–water partition coefficient (Wildman–Crippen LogP) is 2.37. The fourth-order valence-corrected chi connectivity index (χ4v) is 4.38. The highest BCUT2D eigenvalue weighted by Gasteiger charge is 2.34. The highest BCUT2D eigenvalue weighted by atomic mass is 16.3. The molecule has 0 amide bonds. The quantitative estimate of drug-likeness (QED) is 0.523. The molecule has 1 aliphatic rings. The van der Waals surface area contributed by atoms with Crippen molar-refractivity contribution in [2.75, 3.05) is 20.1 Å². The van der Waals surface area contributed by atoms with E-state index in [1.807, 2.05) is 11.9 Å². The van der Waals surface area contributed by atoms with Gasteiger partial charge in [0.25, 0.3) is 0 Å². The van der Waals surface area contributed by atoms with Gasteiger partial charge in [0, 0.05) is 24.1 Å². The maximum absolute atomic E-state index is 13.3. The van der Waals surface area contributed by atoms with Crippen molar-refractivity contribution in [2.45, 2.75) is 31.5 Å². The van der Waals surface area contributed by atoms with Crippen molar-refractivity contribution in [3.05, 3.63) is 69.1 Å². The molecule has 158 valence electrons. The number of hydrogen-bond donors (Lipinski definition) is 4. The summed E-state index contributed by atoms with van der Waals surface area (Å²) in [6.07, 6.45) is -1.43. The number of fused-ring (bicyclic) bond motifs is 1. The van der Waals surface area contributed by atoms with Gasteiger partial charge in [-0.2, -0.15) is 0 Å². The molecule has 7 heteroatoms. The van der Waals surface area contributed by atoms with Crippen molar-refractivity contribution in [3.8, 4) is 11.5 Å². The van der Waals surface area contributed by atoms with E-state index in [2.05, 4.69) is 0 Å². The van der Waals surface area contributed by atoms with Crippen molar-refractivity contribution in [1.82, 2.24) is 4.90 Å². The van der Waals surface area contributed by atoms with Crippen molar-refractivity contribution in [2.24, 2.45) is 0 Å². The largest absolute Gasteiger partial charge is 0.507 e. The lowest BCUT2D eigenvalue weighted by Crippen LogP contribution is -2.40. The Balaban J connectivity index is 1.94. The predicted molar refractivity (Wildman–Crippen MR) is 112 cm³/mol. The molecule has 2 aromatic carbocycles. The Kier molecular flexibility index (Phi) is 5.27. The van der Waals surface area contributed by atoms with Crippen molar-refractivity contribution >= 4 is 11.0 Å². The molecule has 0 bridgehead atoms. The molecule has 1 fully saturated rings. The number of aromatic hydroxyl groups is 2. The Morgan fingerprint density at radius 2 is 1.87 bits per heavy atom. The number of benzene rings is 2. The summed E-state index contributed by atoms with van der Waals surface area (Å²) >= 11 is 0. The molecule has 0 saturated carbocycles. The zero-order valence-electron chi connectivity index (χ0n) is 16.9. The fraction of sp³-hybridized carbons (Fsp3) is 0.348. The molecular weight excluding hydrogens is 386 g/mol. The zero-order chi connectivity index (χ0) is 21.6. The zero-order valence-corrected chi connectivity index (χ0v) is 16.9. The third-order valence-electron chi connectivity index (χ3n) is 5.93. The molecule has 0 aliphatic carbocycles. The van der Waals surface area contributed by atoms with Crippen LogP contribution in [0.5, 0.6) is 11.5 Å². The summed E-state index contributed by atoms with van der Waals surface area (Å²) in [5, 5.41) is 42.3. The lowest BCUT2D eigenvalue weighted by Gasteiger charge is -2.34. The number of aliphatic hydroxyl groups excluding tert-OH is 2. The van der Waals surface area contributed by atoms with Crippen LogP contribution < -0.4 is 5.43 Å². The third kappa shape index (κ3) is 3.35. The SMILES string of the molecule is Cc1oc2c(C3CCN(C)CC3O)c(O)cc(O)c2c(=O)c1C(O)c1ccccc1. The van der Waals surface area contributed by atoms with Crippen LogP contribution in [0.1, 0.15) is 40.9 Å². The van der Waals surface area contributed by atoms with Crippen LogP contribution in [0.25, 0.3) is 11.0 Å². The van der Waals surface area contributed by atoms with Crippen LogP contribution in [-0.2, 0) is 0 Å². The minimum atomic E-state index is -1.22. The smallest absolute Gasteiger partial charge is 0.202 e. The number of hydrogen-bond acceptors (Lipinski definition) is 7. The van der Waals surface area contributed by atoms with Crippen LogP contribution >= 0.6 is 0 Å². The molecule has 1 aromatic heterocycles. The number of β-amino-alcohol motifs (C(OH)–C–C–N with tert-alkyl or cyclic N) is 1. The Labute approximate surface area is 173 Å². The number of rotatable bonds is 3. The molecule has 4 N–H and O–H groups in total. The number of likely N-dealkylation sites (N-methyl/N-ethyl adjacent to an activating group) is 1. The van der Waals surface area contributed by atoms with Crippen molar-refractivity contribution in [1.29, 1.82) is 0 Å². The van der Waals surface area contributed by atoms with Gasteiger partial charge in [-0.3, -0.25) is 4.79 Å². The van der Waals surface area contributed by atoms with Crippen molar-refractivity contribution < 1.29 is 24.8 Å². The minimum absolute atomic E-state index is 0.0320. The molecule has 0 spiro atoms. The number of likely N-dealkylation sites (tertiary alicyclic amines) is 1. The minimum Gasteiger partial charge on any atom is -0.507 e. The van der Waals surface area contributed by atoms with Gasteiger partial charge in [0.15, 0.2) is 0 Å². The van der Waals surface area contributed by atoms with E-state index >= 15 is 0 Å². The van der Waals surface area contributed by atoms with E-state index in [9.17, 15) is 25.2 Å². The average Bonchev–Trinajstić information content (AvgIpc) is 2.69. The highest BCUT2D eigenvalue weighted by Crippen LogP contribution is 2.42. The summed E-state index contributed by atoms with van der Waals surface area (Å²) in [5.74, 6) is -0.911. The van der Waals surface area contributed by atoms with Crippen LogP contribution in [-0.4, -0.2) is 51.6 Å². The Morgan fingerprint density at radius 1 is 1.17 bits per heavy atom. The van der Waals surface area contributed by atoms with Gasteiger partial charge in [-0.15, -0.1) is 0 Å². The van der Waals surface area contributed by atoms with E-state index in [0.717, 1.165) is 6.07 Å². The van der Waals surface area contributed by atoms with Gasteiger partial charge in [-0.1, -0.05) is 30.3 Å². The maximum Gasteiger partial charge on any atom is 0.202 e. The molecule has 4 rings (SSSR count). The van der Waals surface area contributed by atoms with Gasteiger partial charge < -0.3 is 29.7 Å². The molecule has 3 atom stereocenters. The van der Waals surface area contributed by atoms with Gasteiger partial charge >= 0.3 is 0 Å². The first kappa shape index (κ1) is 20.4. The van der Waals surface area contributed by atoms with Gasteiger partial charge in [0.05, 0.1) is 11.7 Å². The van der Waals surface area contributed by atoms with Crippen LogP contribution in [0.15, 0.2) is 45.6 Å². The molecule has 0 radical (unpaired) electrons. The van der Waals surface area contributed by atoms with Crippen LogP contribution in [0, 0.1) is 6.92 Å². The summed E-state index contributed by atoms with van der Waals surface area (Å²) in [6.45, 7) is 2.69. The first-order valence-corrected chi connectivity index (χ1v) is 9.91. The van der Waals surface area contributed by atoms with E-state index in [1.165, 1.54) is 0 Å². The van der Waals surface area contributed by atoms with Gasteiger partial charge in [0.2, 0.25) is 5.43 Å². The van der Waals surface area contributed by atoms with Crippen LogP contribution in [0.4, 0.5) is 0 Å². The number of aliphatic hydroxyl groups is 2. The molecule has 7 nitrogen and oxygen atoms in total. The number of phenolic OH excluding ortho intramolecular Hbond substituents is 2. The average molecular weight is 411 g/mol. The number of phenols is 2. The first-order valence-electron chi connectivity index (χ1n) is 9.91. The summed E-state index contributed by atoms with van der Waals surface area (Å²) in [7, 11) is 1.90. The van der Waals surface area contributed by atoms with E-state index in [0.29, 0.717) is 30.6 Å². The number of nitrogens with zero attached hydrogens (tertiary/aromatic N) is 1. The summed E-state index contributed by atoms with van der Waals surface area (Å²) in [6, 6.07) is 9.82. The molecular formula is C23H25NO6. The topological polar surface area (TPSA) is 114 Å². The van der Waals surface area contributed by atoms with E-state index in [4.69, 9.17) is 4.42 Å². The van der Waals surface area contributed by atoms with E-state index in [1.54, 1.807) is 37.3 Å². The molecule has 2 heterocycles. The van der Waals surface area contributed by atoms with Gasteiger partial charge in [-0.05, 0) is 32.5 Å². The maximum atomic E-state index is 13.3. The second-order valence-corrected chi connectivity index (χ2v) is 7.97. The molecule has 1 saturated heterocycles. The first-order chi connectivity index (χ1) is 14.3. The second kappa shape index (κ2) is 7.75. The standard InChI is InChI=1S/C23H25NO6/c1-12-18(21(28)13-6-4-3-5-7-13)22(29)20-16(26)10-15(25)19(23(20)30-12)14-8-9-24(2)11-17(14)27/h3-7,10,14,17,21,25-28H,8-9,11H2,1-2H3. The Morgan fingerprint density at radius 3 is 2.53 bits per heavy atom. The molecule has 1 aliphatic heterocycles. The number of aryl methyl sites for hydroxylation is 1. The normalized spacial score (nSPS) is 21.1. The van der Waals surface area contributed by atoms with E-state index < -0.39 is 29.3 Å². The molecule has 3 unspecified atom stereocenters. The lowest BCUT2D eigenvalue weighted by atomic mass is 9.85. The summed E-state index contributed by atoms with van der Waals surface area (Å²) in [5.41, 5.74) is 0.351. The lowest BCUT2D eigenvalue weighted by molar-refractivity contribution is 0.0630. The van der Waals surface area contributed by atoms with Crippen molar-refractivity contribution in [3.63, 3.8) is 0 Å². The van der Waals surface area contributed by atoms with E-state index in [-0.39, 0.29) is 28.0 Å². The monoisotopic (exact) mass is 411 g/mol. The summed E-state index contributed by atoms with van der Waals surface area (Å²) < 4.78 is 5.93. The molecule has 30 heavy (non-hydrogen) atoms. The third-order valence-corrected chi connectivity index (χ3v) is 5.93. The van der Waals surface area contributed by atoms with Gasteiger partial charge in [0.1, 0.15) is 34.3 Å².